The van der Waals surface area contributed by atoms with Crippen molar-refractivity contribution in [3.05, 3.63) is 28.8 Å². The fourth-order valence-electron chi connectivity index (χ4n) is 1.25. The van der Waals surface area contributed by atoms with Crippen LogP contribution in [0.25, 0.3) is 0 Å². The maximum atomic E-state index is 9.83. The lowest BCUT2D eigenvalue weighted by Gasteiger charge is -2.22. The molecule has 1 aromatic carbocycles. The van der Waals surface area contributed by atoms with Gasteiger partial charge in [0, 0.05) is 6.04 Å². The van der Waals surface area contributed by atoms with Gasteiger partial charge in [-0.25, -0.2) is 0 Å². The number of rotatable bonds is 5. The van der Waals surface area contributed by atoms with Crippen molar-refractivity contribution in [1.29, 1.82) is 0 Å². The summed E-state index contributed by atoms with van der Waals surface area (Å²) in [6.07, 6.45) is 0.628. The number of halogens is 1. The SMILES string of the molecule is CCC(C)(O)COc1ccc([C@H](C)N)cc1Cl. The largest absolute Gasteiger partial charge is 0.489 e. The molecule has 0 bridgehead atoms. The van der Waals surface area contributed by atoms with Crippen molar-refractivity contribution < 1.29 is 9.84 Å². The molecule has 0 aliphatic rings. The molecule has 0 aliphatic heterocycles. The van der Waals surface area contributed by atoms with E-state index in [4.69, 9.17) is 22.1 Å². The minimum absolute atomic E-state index is 0.0553. The van der Waals surface area contributed by atoms with Gasteiger partial charge in [-0.3, -0.25) is 0 Å². The van der Waals surface area contributed by atoms with Crippen molar-refractivity contribution in [1.82, 2.24) is 0 Å². The standard InChI is InChI=1S/C13H20ClNO2/c1-4-13(3,16)8-17-12-6-5-10(9(2)15)7-11(12)14/h5-7,9,16H,4,8,15H2,1-3H3/t9-,13?/m0/s1. The van der Waals surface area contributed by atoms with Gasteiger partial charge in [-0.1, -0.05) is 24.6 Å². The van der Waals surface area contributed by atoms with Crippen LogP contribution in [0.15, 0.2) is 18.2 Å². The lowest BCUT2D eigenvalue weighted by atomic mass is 10.1. The molecule has 4 heteroatoms. The van der Waals surface area contributed by atoms with Gasteiger partial charge in [-0.2, -0.15) is 0 Å². The average Bonchev–Trinajstić information content (AvgIpc) is 2.27. The topological polar surface area (TPSA) is 55.5 Å². The van der Waals surface area contributed by atoms with Gasteiger partial charge in [0.15, 0.2) is 0 Å². The lowest BCUT2D eigenvalue weighted by molar-refractivity contribution is 0.00850. The van der Waals surface area contributed by atoms with Gasteiger partial charge in [0.1, 0.15) is 12.4 Å². The Morgan fingerprint density at radius 2 is 2.18 bits per heavy atom. The summed E-state index contributed by atoms with van der Waals surface area (Å²) in [7, 11) is 0. The maximum absolute atomic E-state index is 9.83. The van der Waals surface area contributed by atoms with Crippen LogP contribution < -0.4 is 10.5 Å². The van der Waals surface area contributed by atoms with Crippen LogP contribution in [-0.4, -0.2) is 17.3 Å². The third-order valence-corrected chi connectivity index (χ3v) is 3.08. The van der Waals surface area contributed by atoms with Crippen LogP contribution in [0.2, 0.25) is 5.02 Å². The highest BCUT2D eigenvalue weighted by Gasteiger charge is 2.19. The maximum Gasteiger partial charge on any atom is 0.138 e. The molecule has 0 spiro atoms. The summed E-state index contributed by atoms with van der Waals surface area (Å²) in [4.78, 5) is 0. The van der Waals surface area contributed by atoms with Crippen LogP contribution in [0.3, 0.4) is 0 Å². The highest BCUT2D eigenvalue weighted by atomic mass is 35.5. The molecular weight excluding hydrogens is 238 g/mol. The van der Waals surface area contributed by atoms with Crippen LogP contribution in [0.5, 0.6) is 5.75 Å². The third-order valence-electron chi connectivity index (χ3n) is 2.78. The Morgan fingerprint density at radius 1 is 1.53 bits per heavy atom. The van der Waals surface area contributed by atoms with Crippen LogP contribution in [0.1, 0.15) is 38.8 Å². The summed E-state index contributed by atoms with van der Waals surface area (Å²) >= 11 is 6.08. The highest BCUT2D eigenvalue weighted by molar-refractivity contribution is 6.32. The first-order chi connectivity index (χ1) is 7.85. The molecule has 0 amide bonds. The summed E-state index contributed by atoms with van der Waals surface area (Å²) in [5, 5.41) is 10.4. The fourth-order valence-corrected chi connectivity index (χ4v) is 1.50. The van der Waals surface area contributed by atoms with E-state index in [1.807, 2.05) is 19.9 Å². The van der Waals surface area contributed by atoms with Gasteiger partial charge in [0.2, 0.25) is 0 Å². The Hall–Kier alpha value is -0.770. The van der Waals surface area contributed by atoms with Gasteiger partial charge in [-0.15, -0.1) is 0 Å². The van der Waals surface area contributed by atoms with Gasteiger partial charge in [0.05, 0.1) is 10.6 Å². The monoisotopic (exact) mass is 257 g/mol. The molecule has 0 heterocycles. The van der Waals surface area contributed by atoms with Gasteiger partial charge in [-0.05, 0) is 38.0 Å². The summed E-state index contributed by atoms with van der Waals surface area (Å²) in [6, 6.07) is 5.40. The molecule has 0 saturated heterocycles. The van der Waals surface area contributed by atoms with Gasteiger partial charge in [0.25, 0.3) is 0 Å². The van der Waals surface area contributed by atoms with E-state index in [0.717, 1.165) is 5.56 Å². The Kier molecular flexibility index (Phi) is 4.80. The first kappa shape index (κ1) is 14.3. The molecule has 0 aromatic heterocycles. The van der Waals surface area contributed by atoms with E-state index >= 15 is 0 Å². The van der Waals surface area contributed by atoms with Crippen molar-refractivity contribution in [2.24, 2.45) is 5.73 Å². The number of benzene rings is 1. The average molecular weight is 258 g/mol. The van der Waals surface area contributed by atoms with E-state index in [1.54, 1.807) is 19.1 Å². The number of hydrogen-bond donors (Lipinski definition) is 2. The first-order valence-electron chi connectivity index (χ1n) is 5.76. The minimum Gasteiger partial charge on any atom is -0.489 e. The Labute approximate surface area is 108 Å². The summed E-state index contributed by atoms with van der Waals surface area (Å²) in [5.74, 6) is 0.574. The van der Waals surface area contributed by atoms with Gasteiger partial charge < -0.3 is 15.6 Å². The van der Waals surface area contributed by atoms with Crippen molar-refractivity contribution in [3.63, 3.8) is 0 Å². The quantitative estimate of drug-likeness (QED) is 0.853. The molecule has 3 N–H and O–H groups in total. The molecule has 0 radical (unpaired) electrons. The van der Waals surface area contributed by atoms with Gasteiger partial charge >= 0.3 is 0 Å². The molecule has 3 nitrogen and oxygen atoms in total. The zero-order chi connectivity index (χ0) is 13.1. The second kappa shape index (κ2) is 5.71. The normalized spacial score (nSPS) is 16.4. The highest BCUT2D eigenvalue weighted by Crippen LogP contribution is 2.28. The van der Waals surface area contributed by atoms with E-state index in [2.05, 4.69) is 0 Å². The molecular formula is C13H20ClNO2. The molecule has 0 saturated carbocycles. The number of ether oxygens (including phenoxy) is 1. The van der Waals surface area contributed by atoms with Crippen molar-refractivity contribution in [2.75, 3.05) is 6.61 Å². The van der Waals surface area contributed by atoms with E-state index in [9.17, 15) is 5.11 Å². The Balaban J connectivity index is 2.73. The summed E-state index contributed by atoms with van der Waals surface area (Å²) in [6.45, 7) is 5.76. The molecule has 2 atom stereocenters. The summed E-state index contributed by atoms with van der Waals surface area (Å²) < 4.78 is 5.50. The zero-order valence-corrected chi connectivity index (χ0v) is 11.3. The molecule has 0 fully saturated rings. The molecule has 1 rings (SSSR count). The predicted octanol–water partition coefficient (Wildman–Crippen LogP) is 2.90. The number of nitrogens with two attached hydrogens (primary N) is 1. The van der Waals surface area contributed by atoms with E-state index in [-0.39, 0.29) is 12.6 Å². The van der Waals surface area contributed by atoms with Crippen LogP contribution >= 0.6 is 11.6 Å². The molecule has 1 aromatic rings. The predicted molar refractivity (Wildman–Crippen MR) is 70.5 cm³/mol. The van der Waals surface area contributed by atoms with Crippen molar-refractivity contribution in [2.45, 2.75) is 38.8 Å². The second-order valence-electron chi connectivity index (χ2n) is 4.62. The van der Waals surface area contributed by atoms with Crippen molar-refractivity contribution >= 4 is 11.6 Å². The van der Waals surface area contributed by atoms with Crippen LogP contribution in [-0.2, 0) is 0 Å². The van der Waals surface area contributed by atoms with Crippen LogP contribution in [0, 0.1) is 0 Å². The van der Waals surface area contributed by atoms with E-state index in [1.165, 1.54) is 0 Å². The third kappa shape index (κ3) is 4.19. The Bertz CT molecular complexity index is 378. The summed E-state index contributed by atoms with van der Waals surface area (Å²) in [5.41, 5.74) is 5.89. The Morgan fingerprint density at radius 3 is 2.65 bits per heavy atom. The molecule has 96 valence electrons. The zero-order valence-electron chi connectivity index (χ0n) is 10.5. The molecule has 17 heavy (non-hydrogen) atoms. The second-order valence-corrected chi connectivity index (χ2v) is 5.02. The molecule has 0 aliphatic carbocycles. The fraction of sp³-hybridized carbons (Fsp3) is 0.538. The van der Waals surface area contributed by atoms with Crippen LogP contribution in [0.4, 0.5) is 0 Å². The molecule has 1 unspecified atom stereocenters. The lowest BCUT2D eigenvalue weighted by Crippen LogP contribution is -2.31. The number of aliphatic hydroxyl groups is 1. The number of hydrogen-bond acceptors (Lipinski definition) is 3. The van der Waals surface area contributed by atoms with E-state index < -0.39 is 5.60 Å². The van der Waals surface area contributed by atoms with Crippen molar-refractivity contribution in [3.8, 4) is 5.75 Å². The minimum atomic E-state index is -0.830. The smallest absolute Gasteiger partial charge is 0.138 e. The van der Waals surface area contributed by atoms with E-state index in [0.29, 0.717) is 17.2 Å². The first-order valence-corrected chi connectivity index (χ1v) is 6.13.